The van der Waals surface area contributed by atoms with Crippen molar-refractivity contribution in [3.63, 3.8) is 0 Å². The minimum absolute atomic E-state index is 0.430. The van der Waals surface area contributed by atoms with Gasteiger partial charge in [-0.25, -0.2) is 4.79 Å². The lowest BCUT2D eigenvalue weighted by Crippen LogP contribution is -2.09. The topological polar surface area (TPSA) is 44.8 Å². The van der Waals surface area contributed by atoms with E-state index in [1.54, 1.807) is 0 Å². The smallest absolute Gasteiger partial charge is 0.432 e. The average molecular weight is 555 g/mol. The molecule has 234 valence electrons. The molecule has 0 aromatic carbocycles. The summed E-state index contributed by atoms with van der Waals surface area (Å²) >= 11 is 0. The van der Waals surface area contributed by atoms with Crippen LogP contribution in [0.5, 0.6) is 0 Å². The molecule has 0 bridgehead atoms. The van der Waals surface area contributed by atoms with Gasteiger partial charge in [-0.1, -0.05) is 194 Å². The minimum atomic E-state index is -0.693. The second-order valence-electron chi connectivity index (χ2n) is 11.9. The van der Waals surface area contributed by atoms with Crippen molar-refractivity contribution in [1.82, 2.24) is 0 Å². The first kappa shape index (κ1) is 38.2. The zero-order valence-corrected chi connectivity index (χ0v) is 26.8. The third-order valence-corrected chi connectivity index (χ3v) is 7.93. The van der Waals surface area contributed by atoms with Gasteiger partial charge in [-0.3, -0.25) is 4.89 Å². The van der Waals surface area contributed by atoms with Crippen molar-refractivity contribution < 1.29 is 19.3 Å². The van der Waals surface area contributed by atoms with Gasteiger partial charge in [0, 0.05) is 0 Å². The van der Waals surface area contributed by atoms with Gasteiger partial charge in [0.2, 0.25) is 0 Å². The van der Waals surface area contributed by atoms with E-state index in [1.165, 1.54) is 167 Å². The summed E-state index contributed by atoms with van der Waals surface area (Å²) in [5.41, 5.74) is 0. The molecule has 0 unspecified atom stereocenters. The molecule has 0 atom stereocenters. The Bertz CT molecular complexity index is 454. The highest BCUT2D eigenvalue weighted by molar-refractivity contribution is 5.58. The standard InChI is InChI=1S/C35H70O4/c1-3-5-7-9-11-13-15-17-19-21-23-25-27-29-31-33-37-35(36)39-38-34-32-30-28-26-24-22-20-18-16-14-12-10-8-6-4-2/h3-34H2,1-2H3. The van der Waals surface area contributed by atoms with Crippen molar-refractivity contribution in [2.45, 2.75) is 206 Å². The molecule has 0 aliphatic heterocycles. The van der Waals surface area contributed by atoms with E-state index in [0.29, 0.717) is 13.2 Å². The molecule has 4 nitrogen and oxygen atoms in total. The van der Waals surface area contributed by atoms with E-state index >= 15 is 0 Å². The van der Waals surface area contributed by atoms with Crippen LogP contribution in [0.2, 0.25) is 0 Å². The highest BCUT2D eigenvalue weighted by Crippen LogP contribution is 2.15. The van der Waals surface area contributed by atoms with Crippen molar-refractivity contribution in [2.24, 2.45) is 0 Å². The third-order valence-electron chi connectivity index (χ3n) is 7.93. The maximum atomic E-state index is 11.6. The van der Waals surface area contributed by atoms with E-state index in [2.05, 4.69) is 13.8 Å². The maximum absolute atomic E-state index is 11.6. The molecule has 0 radical (unpaired) electrons. The van der Waals surface area contributed by atoms with Crippen LogP contribution in [0.1, 0.15) is 206 Å². The zero-order valence-electron chi connectivity index (χ0n) is 26.8. The fourth-order valence-electron chi connectivity index (χ4n) is 5.28. The van der Waals surface area contributed by atoms with E-state index < -0.39 is 6.16 Å². The van der Waals surface area contributed by atoms with Crippen LogP contribution < -0.4 is 0 Å². The molecule has 0 saturated carbocycles. The van der Waals surface area contributed by atoms with Crippen molar-refractivity contribution in [1.29, 1.82) is 0 Å². The largest absolute Gasteiger partial charge is 0.540 e. The number of ether oxygens (including phenoxy) is 1. The van der Waals surface area contributed by atoms with Gasteiger partial charge in [-0.2, -0.15) is 4.89 Å². The lowest BCUT2D eigenvalue weighted by atomic mass is 10.0. The van der Waals surface area contributed by atoms with Crippen molar-refractivity contribution >= 4 is 6.16 Å². The number of carbonyl (C=O) groups excluding carboxylic acids is 1. The molecule has 0 aliphatic carbocycles. The lowest BCUT2D eigenvalue weighted by Gasteiger charge is -2.06. The first-order chi connectivity index (χ1) is 19.3. The highest BCUT2D eigenvalue weighted by atomic mass is 17.2. The van der Waals surface area contributed by atoms with E-state index in [4.69, 9.17) is 14.5 Å². The molecule has 0 N–H and O–H groups in total. The number of carbonyl (C=O) groups is 1. The predicted octanol–water partition coefficient (Wildman–Crippen LogP) is 12.8. The molecular formula is C35H70O4. The van der Waals surface area contributed by atoms with E-state index in [1.807, 2.05) is 0 Å². The summed E-state index contributed by atoms with van der Waals surface area (Å²) in [5.74, 6) is 0. The summed E-state index contributed by atoms with van der Waals surface area (Å²) in [5, 5.41) is 0. The number of unbranched alkanes of at least 4 members (excludes halogenated alkanes) is 28. The molecule has 0 fully saturated rings. The zero-order chi connectivity index (χ0) is 28.3. The van der Waals surface area contributed by atoms with Crippen LogP contribution in [0.25, 0.3) is 0 Å². The summed E-state index contributed by atoms with van der Waals surface area (Å²) in [4.78, 5) is 21.3. The molecule has 0 aromatic heterocycles. The summed E-state index contributed by atoms with van der Waals surface area (Å²) in [6.45, 7) is 5.46. The average Bonchev–Trinajstić information content (AvgIpc) is 2.94. The Morgan fingerprint density at radius 2 is 0.615 bits per heavy atom. The van der Waals surface area contributed by atoms with Gasteiger partial charge < -0.3 is 4.74 Å². The monoisotopic (exact) mass is 555 g/mol. The molecule has 4 heteroatoms. The van der Waals surface area contributed by atoms with Gasteiger partial charge >= 0.3 is 6.16 Å². The van der Waals surface area contributed by atoms with Crippen LogP contribution in [0.15, 0.2) is 0 Å². The Morgan fingerprint density at radius 1 is 0.359 bits per heavy atom. The molecule has 0 saturated heterocycles. The van der Waals surface area contributed by atoms with Gasteiger partial charge in [0.25, 0.3) is 0 Å². The van der Waals surface area contributed by atoms with Gasteiger partial charge in [-0.05, 0) is 12.8 Å². The fourth-order valence-corrected chi connectivity index (χ4v) is 5.28. The molecule has 0 rings (SSSR count). The fraction of sp³-hybridized carbons (Fsp3) is 0.971. The Labute approximate surface area is 245 Å². The number of hydrogen-bond acceptors (Lipinski definition) is 4. The van der Waals surface area contributed by atoms with Crippen molar-refractivity contribution in [3.05, 3.63) is 0 Å². The van der Waals surface area contributed by atoms with Crippen LogP contribution in [0.3, 0.4) is 0 Å². The lowest BCUT2D eigenvalue weighted by molar-refractivity contribution is -0.255. The first-order valence-corrected chi connectivity index (χ1v) is 17.8. The number of rotatable bonds is 33. The SMILES string of the molecule is CCCCCCCCCCCCCCCCCOOC(=O)OCCCCCCCCCCCCCCCCC. The molecular weight excluding hydrogens is 484 g/mol. The summed E-state index contributed by atoms with van der Waals surface area (Å²) < 4.78 is 5.10. The van der Waals surface area contributed by atoms with Crippen LogP contribution in [-0.4, -0.2) is 19.4 Å². The Balaban J connectivity index is 3.14. The quantitative estimate of drug-likeness (QED) is 0.0350. The van der Waals surface area contributed by atoms with Crippen LogP contribution in [-0.2, 0) is 14.5 Å². The second-order valence-corrected chi connectivity index (χ2v) is 11.9. The molecule has 39 heavy (non-hydrogen) atoms. The van der Waals surface area contributed by atoms with Gasteiger partial charge in [0.05, 0.1) is 13.2 Å². The first-order valence-electron chi connectivity index (χ1n) is 17.8. The van der Waals surface area contributed by atoms with E-state index in [0.717, 1.165) is 25.7 Å². The highest BCUT2D eigenvalue weighted by Gasteiger charge is 2.05. The molecule has 0 aliphatic rings. The number of hydrogen-bond donors (Lipinski definition) is 0. The Hall–Kier alpha value is -0.770. The Kier molecular flexibility index (Phi) is 34.6. The summed E-state index contributed by atoms with van der Waals surface area (Å²) in [7, 11) is 0. The molecule has 0 spiro atoms. The van der Waals surface area contributed by atoms with E-state index in [9.17, 15) is 4.79 Å². The van der Waals surface area contributed by atoms with Gasteiger partial charge in [-0.15, -0.1) is 0 Å². The summed E-state index contributed by atoms with van der Waals surface area (Å²) in [6, 6.07) is 0. The van der Waals surface area contributed by atoms with Gasteiger partial charge in [0.1, 0.15) is 0 Å². The normalized spacial score (nSPS) is 11.2. The van der Waals surface area contributed by atoms with Crippen LogP contribution in [0, 0.1) is 0 Å². The second kappa shape index (κ2) is 35.3. The predicted molar refractivity (Wildman–Crippen MR) is 168 cm³/mol. The van der Waals surface area contributed by atoms with Crippen LogP contribution >= 0.6 is 0 Å². The Morgan fingerprint density at radius 3 is 0.923 bits per heavy atom. The molecule has 0 amide bonds. The minimum Gasteiger partial charge on any atom is -0.432 e. The maximum Gasteiger partial charge on any atom is 0.540 e. The third kappa shape index (κ3) is 35.2. The molecule has 0 aromatic rings. The van der Waals surface area contributed by atoms with E-state index in [-0.39, 0.29) is 0 Å². The molecule has 0 heterocycles. The van der Waals surface area contributed by atoms with Crippen molar-refractivity contribution in [3.8, 4) is 0 Å². The van der Waals surface area contributed by atoms with Gasteiger partial charge in [0.15, 0.2) is 0 Å². The summed E-state index contributed by atoms with van der Waals surface area (Å²) in [6.07, 6.45) is 39.3. The van der Waals surface area contributed by atoms with Crippen molar-refractivity contribution in [2.75, 3.05) is 13.2 Å². The van der Waals surface area contributed by atoms with Crippen LogP contribution in [0.4, 0.5) is 4.79 Å².